The van der Waals surface area contributed by atoms with Gasteiger partial charge in [0.15, 0.2) is 10.8 Å². The van der Waals surface area contributed by atoms with Gasteiger partial charge >= 0.3 is 5.97 Å². The van der Waals surface area contributed by atoms with E-state index < -0.39 is 42.8 Å². The number of nitrogens with zero attached hydrogens (tertiary/aromatic N) is 3. The molecular formula is C22H22BrF3N4O3S. The molecule has 1 fully saturated rings. The Bertz CT molecular complexity index is 1130. The van der Waals surface area contributed by atoms with Crippen LogP contribution in [0.4, 0.5) is 13.2 Å². The molecule has 2 unspecified atom stereocenters. The van der Waals surface area contributed by atoms with Crippen LogP contribution in [-0.2, 0) is 9.53 Å². The van der Waals surface area contributed by atoms with Gasteiger partial charge in [0.1, 0.15) is 11.9 Å². The van der Waals surface area contributed by atoms with Crippen LogP contribution in [0.5, 0.6) is 0 Å². The number of hydrogen-bond donors (Lipinski definition) is 2. The number of hydrogen-bond acceptors (Lipinski definition) is 8. The molecule has 12 heteroatoms. The minimum absolute atomic E-state index is 0.0278. The Labute approximate surface area is 206 Å². The molecule has 0 bridgehead atoms. The van der Waals surface area contributed by atoms with Crippen molar-refractivity contribution in [1.29, 1.82) is 0 Å². The SMILES string of the molecule is CCOC(=O)C1=C(CN2CC(CO)C(F)(F)C2)NC(c2nccs2)=NC1c1ccc(F)cc1Br. The number of halogens is 4. The molecule has 0 amide bonds. The number of ether oxygens (including phenoxy) is 1. The lowest BCUT2D eigenvalue weighted by Gasteiger charge is -2.29. The van der Waals surface area contributed by atoms with Crippen molar-refractivity contribution < 1.29 is 27.8 Å². The Morgan fingerprint density at radius 3 is 2.85 bits per heavy atom. The van der Waals surface area contributed by atoms with Gasteiger partial charge in [0.05, 0.1) is 31.2 Å². The average molecular weight is 559 g/mol. The van der Waals surface area contributed by atoms with Crippen molar-refractivity contribution in [3.8, 4) is 0 Å². The van der Waals surface area contributed by atoms with E-state index in [0.717, 1.165) is 0 Å². The number of aliphatic imine (C=N–C) groups is 1. The first-order valence-electron chi connectivity index (χ1n) is 10.5. The summed E-state index contributed by atoms with van der Waals surface area (Å²) in [6.07, 6.45) is 1.60. The average Bonchev–Trinajstić information content (AvgIpc) is 3.40. The number of likely N-dealkylation sites (tertiary alicyclic amines) is 1. The van der Waals surface area contributed by atoms with E-state index in [1.807, 2.05) is 0 Å². The molecule has 2 atom stereocenters. The molecule has 2 aromatic rings. The van der Waals surface area contributed by atoms with Gasteiger partial charge in [0.2, 0.25) is 0 Å². The van der Waals surface area contributed by atoms with Crippen LogP contribution in [0, 0.1) is 11.7 Å². The number of carbonyl (C=O) groups is 1. The molecule has 182 valence electrons. The van der Waals surface area contributed by atoms with Gasteiger partial charge in [-0.05, 0) is 24.6 Å². The fourth-order valence-electron chi connectivity index (χ4n) is 4.04. The van der Waals surface area contributed by atoms with E-state index in [0.29, 0.717) is 26.6 Å². The van der Waals surface area contributed by atoms with Gasteiger partial charge in [-0.25, -0.2) is 22.9 Å². The van der Waals surface area contributed by atoms with Gasteiger partial charge in [0.25, 0.3) is 5.92 Å². The zero-order chi connectivity index (χ0) is 24.5. The van der Waals surface area contributed by atoms with Crippen molar-refractivity contribution in [3.05, 3.63) is 61.9 Å². The Kier molecular flexibility index (Phi) is 7.41. The summed E-state index contributed by atoms with van der Waals surface area (Å²) in [7, 11) is 0. The number of esters is 1. The molecule has 3 heterocycles. The smallest absolute Gasteiger partial charge is 0.338 e. The third-order valence-electron chi connectivity index (χ3n) is 5.63. The van der Waals surface area contributed by atoms with Gasteiger partial charge in [-0.15, -0.1) is 11.3 Å². The van der Waals surface area contributed by atoms with Crippen LogP contribution >= 0.6 is 27.3 Å². The Morgan fingerprint density at radius 2 is 2.24 bits per heavy atom. The number of amidine groups is 1. The molecule has 4 rings (SSSR count). The maximum absolute atomic E-state index is 14.3. The Hall–Kier alpha value is -2.28. The van der Waals surface area contributed by atoms with E-state index in [1.54, 1.807) is 18.5 Å². The first-order valence-corrected chi connectivity index (χ1v) is 12.2. The summed E-state index contributed by atoms with van der Waals surface area (Å²) in [5, 5.41) is 14.8. The minimum atomic E-state index is -3.06. The molecule has 34 heavy (non-hydrogen) atoms. The van der Waals surface area contributed by atoms with Crippen molar-refractivity contribution >= 4 is 39.1 Å². The second-order valence-corrected chi connectivity index (χ2v) is 9.68. The third-order valence-corrected chi connectivity index (χ3v) is 7.09. The van der Waals surface area contributed by atoms with E-state index in [9.17, 15) is 23.1 Å². The van der Waals surface area contributed by atoms with Crippen LogP contribution in [0.15, 0.2) is 50.5 Å². The normalized spacial score (nSPS) is 22.5. The molecule has 2 N–H and O–H groups in total. The highest BCUT2D eigenvalue weighted by atomic mass is 79.9. The lowest BCUT2D eigenvalue weighted by Crippen LogP contribution is -2.39. The summed E-state index contributed by atoms with van der Waals surface area (Å²) in [4.78, 5) is 23.5. The lowest BCUT2D eigenvalue weighted by atomic mass is 9.95. The Morgan fingerprint density at radius 1 is 1.44 bits per heavy atom. The van der Waals surface area contributed by atoms with Gasteiger partial charge < -0.3 is 15.2 Å². The topological polar surface area (TPSA) is 87.0 Å². The zero-order valence-corrected chi connectivity index (χ0v) is 20.5. The van der Waals surface area contributed by atoms with E-state index in [4.69, 9.17) is 4.74 Å². The number of aliphatic hydroxyl groups excluding tert-OH is 1. The highest BCUT2D eigenvalue weighted by Crippen LogP contribution is 2.38. The molecule has 1 aromatic carbocycles. The largest absolute Gasteiger partial charge is 0.463 e. The third kappa shape index (κ3) is 5.04. The fourth-order valence-corrected chi connectivity index (χ4v) is 5.19. The highest BCUT2D eigenvalue weighted by molar-refractivity contribution is 9.10. The summed E-state index contributed by atoms with van der Waals surface area (Å²) in [6.45, 7) is 0.490. The molecule has 2 aliphatic rings. The highest BCUT2D eigenvalue weighted by Gasteiger charge is 2.48. The summed E-state index contributed by atoms with van der Waals surface area (Å²) in [5.41, 5.74) is 0.997. The van der Waals surface area contributed by atoms with Gasteiger partial charge in [-0.2, -0.15) is 0 Å². The van der Waals surface area contributed by atoms with Crippen molar-refractivity contribution in [2.24, 2.45) is 10.9 Å². The van der Waals surface area contributed by atoms with Crippen LogP contribution in [-0.4, -0.2) is 65.6 Å². The number of carbonyl (C=O) groups excluding carboxylic acids is 1. The summed E-state index contributed by atoms with van der Waals surface area (Å²) >= 11 is 4.67. The predicted molar refractivity (Wildman–Crippen MR) is 124 cm³/mol. The lowest BCUT2D eigenvalue weighted by molar-refractivity contribution is -0.139. The number of thiazole rings is 1. The molecular weight excluding hydrogens is 537 g/mol. The Balaban J connectivity index is 1.80. The molecule has 1 aromatic heterocycles. The standard InChI is InChI=1S/C22H22BrF3N4O3S/c1-2-33-21(32)17-16(9-30-8-12(10-31)22(25,26)11-30)28-19(20-27-5-6-34-20)29-18(17)14-4-3-13(24)7-15(14)23/h3-7,12,18,31H,2,8-11H2,1H3,(H,28,29). The van der Waals surface area contributed by atoms with Crippen LogP contribution in [0.1, 0.15) is 23.5 Å². The van der Waals surface area contributed by atoms with Crippen LogP contribution < -0.4 is 5.32 Å². The van der Waals surface area contributed by atoms with Crippen LogP contribution in [0.3, 0.4) is 0 Å². The molecule has 1 saturated heterocycles. The van der Waals surface area contributed by atoms with Crippen molar-refractivity contribution in [2.45, 2.75) is 18.9 Å². The summed E-state index contributed by atoms with van der Waals surface area (Å²) in [6, 6.07) is 3.16. The predicted octanol–water partition coefficient (Wildman–Crippen LogP) is 3.51. The van der Waals surface area contributed by atoms with Crippen molar-refractivity contribution in [1.82, 2.24) is 15.2 Å². The minimum Gasteiger partial charge on any atom is -0.463 e. The van der Waals surface area contributed by atoms with E-state index in [2.05, 4.69) is 31.2 Å². The molecule has 0 saturated carbocycles. The summed E-state index contributed by atoms with van der Waals surface area (Å²) < 4.78 is 48.1. The zero-order valence-electron chi connectivity index (χ0n) is 18.1. The van der Waals surface area contributed by atoms with Crippen molar-refractivity contribution in [3.63, 3.8) is 0 Å². The maximum Gasteiger partial charge on any atom is 0.338 e. The summed E-state index contributed by atoms with van der Waals surface area (Å²) in [5.74, 6) is -5.01. The van der Waals surface area contributed by atoms with E-state index in [-0.39, 0.29) is 25.3 Å². The molecule has 2 aliphatic heterocycles. The first kappa shape index (κ1) is 24.8. The quantitative estimate of drug-likeness (QED) is 0.506. The number of rotatable bonds is 7. The van der Waals surface area contributed by atoms with Gasteiger partial charge in [0, 0.05) is 34.8 Å². The number of nitrogens with one attached hydrogen (secondary N) is 1. The van der Waals surface area contributed by atoms with Gasteiger partial charge in [-0.3, -0.25) is 9.89 Å². The van der Waals surface area contributed by atoms with Crippen LogP contribution in [0.25, 0.3) is 0 Å². The molecule has 0 spiro atoms. The number of alkyl halides is 2. The molecule has 0 aliphatic carbocycles. The van der Waals surface area contributed by atoms with Crippen LogP contribution in [0.2, 0.25) is 0 Å². The second kappa shape index (κ2) is 10.1. The molecule has 0 radical (unpaired) electrons. The maximum atomic E-state index is 14.3. The molecule has 7 nitrogen and oxygen atoms in total. The second-order valence-electron chi connectivity index (χ2n) is 7.93. The van der Waals surface area contributed by atoms with E-state index >= 15 is 0 Å². The fraction of sp³-hybridized carbons (Fsp3) is 0.409. The van der Waals surface area contributed by atoms with Crippen molar-refractivity contribution in [2.75, 3.05) is 32.8 Å². The number of aromatic nitrogens is 1. The first-order chi connectivity index (χ1) is 16.2. The van der Waals surface area contributed by atoms with Gasteiger partial charge in [-0.1, -0.05) is 22.0 Å². The monoisotopic (exact) mass is 558 g/mol. The van der Waals surface area contributed by atoms with E-state index in [1.165, 1.54) is 34.4 Å². The number of benzene rings is 1. The number of aliphatic hydroxyl groups is 1.